The van der Waals surface area contributed by atoms with Gasteiger partial charge in [-0.2, -0.15) is 0 Å². The minimum absolute atomic E-state index is 0.0147. The van der Waals surface area contributed by atoms with Crippen LogP contribution in [0.3, 0.4) is 0 Å². The van der Waals surface area contributed by atoms with Gasteiger partial charge < -0.3 is 15.4 Å². The average molecular weight is 336 g/mol. The van der Waals surface area contributed by atoms with Crippen LogP contribution in [-0.2, 0) is 9.53 Å². The number of nitrogens with zero attached hydrogens (tertiary/aromatic N) is 1. The highest BCUT2D eigenvalue weighted by Gasteiger charge is 2.33. The van der Waals surface area contributed by atoms with Crippen LogP contribution in [0.4, 0.5) is 0 Å². The molecular weight excluding hydrogens is 312 g/mol. The van der Waals surface area contributed by atoms with E-state index in [1.807, 2.05) is 23.1 Å². The van der Waals surface area contributed by atoms with Crippen LogP contribution in [0.15, 0.2) is 29.2 Å². The van der Waals surface area contributed by atoms with Crippen LogP contribution in [0, 0.1) is 5.41 Å². The number of hydrogen-bond acceptors (Lipinski definition) is 4. The lowest BCUT2D eigenvalue weighted by molar-refractivity contribution is -0.115. The van der Waals surface area contributed by atoms with E-state index >= 15 is 0 Å². The number of ether oxygens (including phenoxy) is 1. The highest BCUT2D eigenvalue weighted by Crippen LogP contribution is 2.28. The fourth-order valence-electron chi connectivity index (χ4n) is 2.45. The molecule has 0 saturated carbocycles. The largest absolute Gasteiger partial charge is 0.374 e. The lowest BCUT2D eigenvalue weighted by atomic mass is 9.88. The van der Waals surface area contributed by atoms with Gasteiger partial charge in [0.15, 0.2) is 0 Å². The number of amides is 2. The first-order chi connectivity index (χ1) is 10.8. The number of thioether (sulfide) groups is 1. The molecule has 0 unspecified atom stereocenters. The topological polar surface area (TPSA) is 72.6 Å². The van der Waals surface area contributed by atoms with Crippen molar-refractivity contribution in [3.05, 3.63) is 29.8 Å². The molecule has 1 saturated heterocycles. The van der Waals surface area contributed by atoms with Gasteiger partial charge in [0.1, 0.15) is 0 Å². The van der Waals surface area contributed by atoms with Crippen molar-refractivity contribution in [2.45, 2.75) is 31.8 Å². The summed E-state index contributed by atoms with van der Waals surface area (Å²) >= 11 is 1.30. The molecule has 0 spiro atoms. The molecule has 0 bridgehead atoms. The zero-order valence-electron chi connectivity index (χ0n) is 13.9. The van der Waals surface area contributed by atoms with Gasteiger partial charge in [0.25, 0.3) is 5.91 Å². The number of primary amides is 1. The Kier molecular flexibility index (Phi) is 5.70. The number of benzene rings is 1. The molecule has 1 aromatic rings. The van der Waals surface area contributed by atoms with Gasteiger partial charge >= 0.3 is 0 Å². The average Bonchev–Trinajstić information content (AvgIpc) is 2.52. The zero-order valence-corrected chi connectivity index (χ0v) is 14.7. The van der Waals surface area contributed by atoms with Crippen molar-refractivity contribution in [1.29, 1.82) is 0 Å². The monoisotopic (exact) mass is 336 g/mol. The Bertz CT molecular complexity index is 583. The van der Waals surface area contributed by atoms with E-state index in [9.17, 15) is 9.59 Å². The molecule has 23 heavy (non-hydrogen) atoms. The van der Waals surface area contributed by atoms with Gasteiger partial charge in [-0.05, 0) is 17.5 Å². The van der Waals surface area contributed by atoms with Crippen molar-refractivity contribution >= 4 is 23.6 Å². The van der Waals surface area contributed by atoms with Crippen LogP contribution in [0.2, 0.25) is 0 Å². The summed E-state index contributed by atoms with van der Waals surface area (Å²) in [7, 11) is 0. The van der Waals surface area contributed by atoms with Gasteiger partial charge in [0.05, 0.1) is 24.0 Å². The third-order valence-electron chi connectivity index (χ3n) is 3.81. The Hall–Kier alpha value is -1.53. The van der Waals surface area contributed by atoms with Crippen LogP contribution in [0.1, 0.15) is 31.1 Å². The molecule has 1 aliphatic heterocycles. The number of carbonyl (C=O) groups excluding carboxylic acids is 2. The molecule has 2 amide bonds. The Morgan fingerprint density at radius 1 is 1.35 bits per heavy atom. The third kappa shape index (κ3) is 4.72. The molecule has 2 rings (SSSR count). The van der Waals surface area contributed by atoms with Gasteiger partial charge in [0.2, 0.25) is 5.91 Å². The molecule has 1 atom stereocenters. The summed E-state index contributed by atoms with van der Waals surface area (Å²) in [6, 6.07) is 7.34. The maximum atomic E-state index is 12.9. The molecule has 1 aliphatic rings. The number of carbonyl (C=O) groups is 2. The number of hydrogen-bond donors (Lipinski definition) is 1. The summed E-state index contributed by atoms with van der Waals surface area (Å²) in [5, 5.41) is 0. The van der Waals surface area contributed by atoms with Crippen molar-refractivity contribution in [3.63, 3.8) is 0 Å². The van der Waals surface area contributed by atoms with Gasteiger partial charge in [-0.3, -0.25) is 9.59 Å². The van der Waals surface area contributed by atoms with Crippen LogP contribution in [-0.4, -0.2) is 48.3 Å². The predicted molar refractivity (Wildman–Crippen MR) is 91.5 cm³/mol. The van der Waals surface area contributed by atoms with Crippen molar-refractivity contribution in [1.82, 2.24) is 4.90 Å². The first-order valence-electron chi connectivity index (χ1n) is 7.70. The van der Waals surface area contributed by atoms with Crippen LogP contribution in [0.5, 0.6) is 0 Å². The third-order valence-corrected chi connectivity index (χ3v) is 4.90. The van der Waals surface area contributed by atoms with E-state index < -0.39 is 5.91 Å². The molecule has 1 aromatic carbocycles. The van der Waals surface area contributed by atoms with Crippen LogP contribution in [0.25, 0.3) is 0 Å². The highest BCUT2D eigenvalue weighted by atomic mass is 32.2. The second-order valence-corrected chi connectivity index (χ2v) is 7.74. The van der Waals surface area contributed by atoms with E-state index in [1.54, 1.807) is 6.07 Å². The lowest BCUT2D eigenvalue weighted by Crippen LogP contribution is -2.50. The first kappa shape index (κ1) is 17.8. The van der Waals surface area contributed by atoms with E-state index in [2.05, 4.69) is 20.8 Å². The molecule has 0 aliphatic carbocycles. The maximum absolute atomic E-state index is 12.9. The standard InChI is InChI=1S/C17H24N2O3S/c1-17(2,3)14-10-19(8-9-22-14)16(21)12-6-4-5-7-13(12)23-11-15(18)20/h4-7,14H,8-11H2,1-3H3,(H2,18,20)/t14-/m1/s1. The molecule has 6 heteroatoms. The summed E-state index contributed by atoms with van der Waals surface area (Å²) < 4.78 is 5.81. The Morgan fingerprint density at radius 2 is 2.04 bits per heavy atom. The van der Waals surface area contributed by atoms with Crippen molar-refractivity contribution in [2.75, 3.05) is 25.4 Å². The first-order valence-corrected chi connectivity index (χ1v) is 8.68. The molecule has 2 N–H and O–H groups in total. The number of nitrogens with two attached hydrogens (primary N) is 1. The number of rotatable bonds is 4. The van der Waals surface area contributed by atoms with Crippen molar-refractivity contribution < 1.29 is 14.3 Å². The molecule has 5 nitrogen and oxygen atoms in total. The highest BCUT2D eigenvalue weighted by molar-refractivity contribution is 8.00. The Labute approximate surface area is 141 Å². The normalized spacial score (nSPS) is 18.7. The predicted octanol–water partition coefficient (Wildman–Crippen LogP) is 2.15. The summed E-state index contributed by atoms with van der Waals surface area (Å²) in [5.41, 5.74) is 5.81. The molecule has 126 valence electrons. The van der Waals surface area contributed by atoms with E-state index in [-0.39, 0.29) is 23.2 Å². The van der Waals surface area contributed by atoms with E-state index in [1.165, 1.54) is 11.8 Å². The molecule has 1 heterocycles. The SMILES string of the molecule is CC(C)(C)[C@H]1CN(C(=O)c2ccccc2SCC(N)=O)CCO1. The summed E-state index contributed by atoms with van der Waals surface area (Å²) in [6.07, 6.45) is 0.0191. The van der Waals surface area contributed by atoms with E-state index in [0.29, 0.717) is 25.3 Å². The fraction of sp³-hybridized carbons (Fsp3) is 0.529. The lowest BCUT2D eigenvalue weighted by Gasteiger charge is -2.39. The van der Waals surface area contributed by atoms with Gasteiger partial charge in [-0.1, -0.05) is 32.9 Å². The molecular formula is C17H24N2O3S. The van der Waals surface area contributed by atoms with Gasteiger partial charge in [-0.15, -0.1) is 11.8 Å². The molecule has 0 aromatic heterocycles. The second-order valence-electron chi connectivity index (χ2n) is 6.73. The van der Waals surface area contributed by atoms with Gasteiger partial charge in [0, 0.05) is 18.0 Å². The van der Waals surface area contributed by atoms with Crippen molar-refractivity contribution in [3.8, 4) is 0 Å². The van der Waals surface area contributed by atoms with Gasteiger partial charge in [-0.25, -0.2) is 0 Å². The Morgan fingerprint density at radius 3 is 2.70 bits per heavy atom. The van der Waals surface area contributed by atoms with E-state index in [0.717, 1.165) is 4.90 Å². The quantitative estimate of drug-likeness (QED) is 0.855. The zero-order chi connectivity index (χ0) is 17.0. The van der Waals surface area contributed by atoms with Crippen molar-refractivity contribution in [2.24, 2.45) is 11.1 Å². The van der Waals surface area contributed by atoms with Crippen LogP contribution < -0.4 is 5.73 Å². The van der Waals surface area contributed by atoms with Crippen LogP contribution >= 0.6 is 11.8 Å². The summed E-state index contributed by atoms with van der Waals surface area (Å²) in [5.74, 6) is -0.246. The minimum Gasteiger partial charge on any atom is -0.374 e. The number of morpholine rings is 1. The Balaban J connectivity index is 2.15. The smallest absolute Gasteiger partial charge is 0.255 e. The second kappa shape index (κ2) is 7.36. The fourth-order valence-corrected chi connectivity index (χ4v) is 3.23. The summed E-state index contributed by atoms with van der Waals surface area (Å²) in [6.45, 7) is 8.05. The molecule has 1 fully saturated rings. The molecule has 0 radical (unpaired) electrons. The van der Waals surface area contributed by atoms with E-state index in [4.69, 9.17) is 10.5 Å². The summed E-state index contributed by atoms with van der Waals surface area (Å²) in [4.78, 5) is 26.5. The maximum Gasteiger partial charge on any atom is 0.255 e. The minimum atomic E-state index is -0.392.